The van der Waals surface area contributed by atoms with Crippen LogP contribution in [0.4, 0.5) is 5.69 Å². The van der Waals surface area contributed by atoms with Crippen LogP contribution in [0.3, 0.4) is 0 Å². The van der Waals surface area contributed by atoms with Gasteiger partial charge in [0.1, 0.15) is 12.4 Å². The summed E-state index contributed by atoms with van der Waals surface area (Å²) < 4.78 is 5.40. The summed E-state index contributed by atoms with van der Waals surface area (Å²) in [6.45, 7) is 3.78. The Morgan fingerprint density at radius 2 is 2.29 bits per heavy atom. The number of aliphatic hydroxyl groups excluding tert-OH is 1. The molecule has 0 heterocycles. The Labute approximate surface area is 99.5 Å². The lowest BCUT2D eigenvalue weighted by Gasteiger charge is -2.11. The van der Waals surface area contributed by atoms with E-state index in [2.05, 4.69) is 0 Å². The second-order valence-corrected chi connectivity index (χ2v) is 3.54. The van der Waals surface area contributed by atoms with Gasteiger partial charge in [-0.2, -0.15) is 0 Å². The molecule has 0 aromatic heterocycles. The normalized spacial score (nSPS) is 12.6. The molecule has 0 amide bonds. The number of allylic oxidation sites excluding steroid dienone is 1. The average molecular weight is 237 g/mol. The maximum atomic E-state index is 10.6. The molecule has 1 atom stereocenters. The Bertz CT molecular complexity index is 427. The lowest BCUT2D eigenvalue weighted by Crippen LogP contribution is -2.01. The van der Waals surface area contributed by atoms with Gasteiger partial charge in [-0.25, -0.2) is 0 Å². The predicted molar refractivity (Wildman–Crippen MR) is 64.0 cm³/mol. The summed E-state index contributed by atoms with van der Waals surface area (Å²) in [4.78, 5) is 10.1. The van der Waals surface area contributed by atoms with Gasteiger partial charge in [-0.1, -0.05) is 12.2 Å². The summed E-state index contributed by atoms with van der Waals surface area (Å²) in [5.41, 5.74) is 0.364. The van der Waals surface area contributed by atoms with Gasteiger partial charge in [0.05, 0.1) is 11.0 Å². The molecule has 0 aliphatic carbocycles. The highest BCUT2D eigenvalue weighted by Crippen LogP contribution is 2.29. The molecule has 5 heteroatoms. The van der Waals surface area contributed by atoms with Crippen LogP contribution in [0.5, 0.6) is 5.75 Å². The zero-order chi connectivity index (χ0) is 12.8. The Morgan fingerprint density at radius 1 is 1.59 bits per heavy atom. The summed E-state index contributed by atoms with van der Waals surface area (Å²) in [6, 6.07) is 4.19. The molecule has 0 saturated carbocycles. The van der Waals surface area contributed by atoms with Crippen molar-refractivity contribution < 1.29 is 14.8 Å². The van der Waals surface area contributed by atoms with Crippen molar-refractivity contribution in [3.8, 4) is 5.75 Å². The molecule has 0 aliphatic rings. The van der Waals surface area contributed by atoms with E-state index < -0.39 is 11.0 Å². The first kappa shape index (κ1) is 13.2. The molecular weight excluding hydrogens is 222 g/mol. The molecule has 92 valence electrons. The van der Waals surface area contributed by atoms with E-state index in [0.717, 1.165) is 0 Å². The monoisotopic (exact) mass is 237 g/mol. The van der Waals surface area contributed by atoms with Crippen molar-refractivity contribution in [1.29, 1.82) is 0 Å². The van der Waals surface area contributed by atoms with Crippen molar-refractivity contribution in [3.63, 3.8) is 0 Å². The first-order chi connectivity index (χ1) is 8.06. The number of hydrogen-bond acceptors (Lipinski definition) is 4. The first-order valence-electron chi connectivity index (χ1n) is 5.26. The third-order valence-corrected chi connectivity index (χ3v) is 2.23. The minimum absolute atomic E-state index is 0.0562. The summed E-state index contributed by atoms with van der Waals surface area (Å²) in [5, 5.41) is 20.2. The summed E-state index contributed by atoms with van der Waals surface area (Å²) in [5.74, 6) is 0.462. The number of nitrogens with zero attached hydrogens (tertiary/aromatic N) is 1. The summed E-state index contributed by atoms with van der Waals surface area (Å²) in [6.07, 6.45) is 2.84. The van der Waals surface area contributed by atoms with Gasteiger partial charge in [0, 0.05) is 17.7 Å². The molecule has 1 aromatic rings. The number of nitro benzene ring substituents is 1. The van der Waals surface area contributed by atoms with Crippen molar-refractivity contribution in [2.75, 3.05) is 6.61 Å². The molecular formula is C12H15NO4. The van der Waals surface area contributed by atoms with E-state index in [4.69, 9.17) is 4.74 Å². The molecule has 1 aromatic carbocycles. The molecule has 0 aliphatic heterocycles. The lowest BCUT2D eigenvalue weighted by molar-refractivity contribution is -0.385. The molecule has 5 nitrogen and oxygen atoms in total. The molecule has 0 bridgehead atoms. The Hall–Kier alpha value is -1.88. The third kappa shape index (κ3) is 3.57. The van der Waals surface area contributed by atoms with Crippen LogP contribution in [0.2, 0.25) is 0 Å². The maximum Gasteiger partial charge on any atom is 0.270 e. The quantitative estimate of drug-likeness (QED) is 0.485. The second-order valence-electron chi connectivity index (χ2n) is 3.54. The first-order valence-corrected chi connectivity index (χ1v) is 5.26. The molecule has 1 rings (SSSR count). The number of nitro groups is 1. The van der Waals surface area contributed by atoms with Crippen LogP contribution in [0.25, 0.3) is 0 Å². The number of aliphatic hydroxyl groups is 1. The zero-order valence-electron chi connectivity index (χ0n) is 9.79. The highest BCUT2D eigenvalue weighted by atomic mass is 16.6. The Balaban J connectivity index is 3.00. The lowest BCUT2D eigenvalue weighted by atomic mass is 10.1. The van der Waals surface area contributed by atoms with Crippen molar-refractivity contribution in [1.82, 2.24) is 0 Å². The van der Waals surface area contributed by atoms with E-state index >= 15 is 0 Å². The standard InChI is InChI=1S/C12H15NO4/c1-3-4-7-17-12-6-5-10(13(15)16)8-11(12)9(2)14/h3-6,8-9,14H,7H2,1-2H3/b4-3+. The predicted octanol–water partition coefficient (Wildman–Crippen LogP) is 2.60. The van der Waals surface area contributed by atoms with Crippen LogP contribution < -0.4 is 4.74 Å². The molecule has 0 spiro atoms. The number of benzene rings is 1. The topological polar surface area (TPSA) is 72.6 Å². The fourth-order valence-electron chi connectivity index (χ4n) is 1.34. The minimum Gasteiger partial charge on any atom is -0.489 e. The number of ether oxygens (including phenoxy) is 1. The van der Waals surface area contributed by atoms with Gasteiger partial charge in [-0.15, -0.1) is 0 Å². The van der Waals surface area contributed by atoms with Gasteiger partial charge in [0.25, 0.3) is 5.69 Å². The smallest absolute Gasteiger partial charge is 0.270 e. The van der Waals surface area contributed by atoms with Crippen LogP contribution in [0.1, 0.15) is 25.5 Å². The highest BCUT2D eigenvalue weighted by Gasteiger charge is 2.14. The second kappa shape index (κ2) is 6.00. The Kier molecular flexibility index (Phi) is 4.66. The largest absolute Gasteiger partial charge is 0.489 e. The molecule has 0 saturated heterocycles. The summed E-state index contributed by atoms with van der Waals surface area (Å²) >= 11 is 0. The minimum atomic E-state index is -0.810. The van der Waals surface area contributed by atoms with Gasteiger partial charge in [0.2, 0.25) is 0 Å². The van der Waals surface area contributed by atoms with E-state index in [1.165, 1.54) is 18.2 Å². The fourth-order valence-corrected chi connectivity index (χ4v) is 1.34. The molecule has 0 radical (unpaired) electrons. The van der Waals surface area contributed by atoms with E-state index in [1.54, 1.807) is 6.92 Å². The van der Waals surface area contributed by atoms with Crippen LogP contribution in [-0.2, 0) is 0 Å². The van der Waals surface area contributed by atoms with Crippen molar-refractivity contribution in [2.24, 2.45) is 0 Å². The van der Waals surface area contributed by atoms with E-state index in [9.17, 15) is 15.2 Å². The van der Waals surface area contributed by atoms with Gasteiger partial charge in [-0.05, 0) is 19.9 Å². The zero-order valence-corrected chi connectivity index (χ0v) is 9.79. The molecule has 17 heavy (non-hydrogen) atoms. The summed E-state index contributed by atoms with van der Waals surface area (Å²) in [7, 11) is 0. The SMILES string of the molecule is C/C=C/COc1ccc([N+](=O)[O-])cc1C(C)O. The number of hydrogen-bond donors (Lipinski definition) is 1. The Morgan fingerprint density at radius 3 is 2.82 bits per heavy atom. The molecule has 0 fully saturated rings. The number of non-ortho nitro benzene ring substituents is 1. The van der Waals surface area contributed by atoms with E-state index in [-0.39, 0.29) is 5.69 Å². The molecule has 1 N–H and O–H groups in total. The maximum absolute atomic E-state index is 10.6. The third-order valence-electron chi connectivity index (χ3n) is 2.23. The van der Waals surface area contributed by atoms with Crippen LogP contribution in [0.15, 0.2) is 30.4 Å². The van der Waals surface area contributed by atoms with Crippen LogP contribution >= 0.6 is 0 Å². The van der Waals surface area contributed by atoms with Gasteiger partial charge >= 0.3 is 0 Å². The van der Waals surface area contributed by atoms with Gasteiger partial charge in [-0.3, -0.25) is 10.1 Å². The van der Waals surface area contributed by atoms with Crippen molar-refractivity contribution >= 4 is 5.69 Å². The van der Waals surface area contributed by atoms with E-state index in [0.29, 0.717) is 17.9 Å². The fraction of sp³-hybridized carbons (Fsp3) is 0.333. The highest BCUT2D eigenvalue weighted by molar-refractivity contribution is 5.44. The van der Waals surface area contributed by atoms with E-state index in [1.807, 2.05) is 19.1 Å². The van der Waals surface area contributed by atoms with Gasteiger partial charge in [0.15, 0.2) is 0 Å². The van der Waals surface area contributed by atoms with Crippen LogP contribution in [0, 0.1) is 10.1 Å². The van der Waals surface area contributed by atoms with Crippen molar-refractivity contribution in [3.05, 3.63) is 46.0 Å². The van der Waals surface area contributed by atoms with Gasteiger partial charge < -0.3 is 9.84 Å². The van der Waals surface area contributed by atoms with Crippen molar-refractivity contribution in [2.45, 2.75) is 20.0 Å². The average Bonchev–Trinajstić information content (AvgIpc) is 2.29. The van der Waals surface area contributed by atoms with Crippen LogP contribution in [-0.4, -0.2) is 16.6 Å². The molecule has 1 unspecified atom stereocenters. The number of rotatable bonds is 5.